The minimum absolute atomic E-state index is 0. The Morgan fingerprint density at radius 1 is 1.03 bits per heavy atom. The summed E-state index contributed by atoms with van der Waals surface area (Å²) in [6.45, 7) is 7.72. The first-order chi connectivity index (χ1) is 14.8. The molecule has 0 spiro atoms. The van der Waals surface area contributed by atoms with Crippen LogP contribution in [0.3, 0.4) is 0 Å². The normalized spacial score (nSPS) is 23.8. The van der Waals surface area contributed by atoms with E-state index in [4.69, 9.17) is 14.5 Å². The van der Waals surface area contributed by atoms with Gasteiger partial charge in [-0.05, 0) is 51.9 Å². The molecule has 2 aliphatic heterocycles. The van der Waals surface area contributed by atoms with E-state index >= 15 is 0 Å². The fraction of sp³-hybridized carbons (Fsp3) is 0.913. The van der Waals surface area contributed by atoms with Gasteiger partial charge >= 0.3 is 0 Å². The van der Waals surface area contributed by atoms with Crippen LogP contribution in [0.25, 0.3) is 0 Å². The smallest absolute Gasteiger partial charge is 0.223 e. The molecule has 1 amide bonds. The fourth-order valence-electron chi connectivity index (χ4n) is 4.69. The number of halogens is 1. The van der Waals surface area contributed by atoms with Crippen molar-refractivity contribution >= 4 is 35.8 Å². The molecule has 2 N–H and O–H groups in total. The lowest BCUT2D eigenvalue weighted by atomic mass is 9.89. The van der Waals surface area contributed by atoms with Gasteiger partial charge in [-0.2, -0.15) is 0 Å². The van der Waals surface area contributed by atoms with Crippen molar-refractivity contribution in [3.8, 4) is 0 Å². The Balaban J connectivity index is 0.00000341. The molecule has 0 aromatic rings. The van der Waals surface area contributed by atoms with E-state index in [0.29, 0.717) is 25.3 Å². The molecule has 0 aromatic carbocycles. The van der Waals surface area contributed by atoms with Gasteiger partial charge in [0, 0.05) is 38.7 Å². The molecule has 1 unspecified atom stereocenters. The van der Waals surface area contributed by atoms with Crippen LogP contribution in [0.5, 0.6) is 0 Å². The summed E-state index contributed by atoms with van der Waals surface area (Å²) in [6, 6.07) is 0. The minimum atomic E-state index is 0. The van der Waals surface area contributed by atoms with Crippen molar-refractivity contribution in [1.82, 2.24) is 15.5 Å². The Hall–Kier alpha value is -0.610. The minimum Gasteiger partial charge on any atom is -0.376 e. The lowest BCUT2D eigenvalue weighted by Crippen LogP contribution is -2.47. The maximum Gasteiger partial charge on any atom is 0.223 e. The number of carbonyl (C=O) groups excluding carboxylic acids is 1. The standard InChI is InChI=1S/C23H42N4O3.HI/c1-2-24-23(26-14-13-25-22(28)19-8-4-3-5-9-19)27-15-11-20(12-16-27)30-18-21-10-6-7-17-29-21;/h19-21H,2-18H2,1H3,(H,24,26)(H,25,28);1H. The van der Waals surface area contributed by atoms with Crippen molar-refractivity contribution < 1.29 is 14.3 Å². The van der Waals surface area contributed by atoms with E-state index in [-0.39, 0.29) is 35.8 Å². The second-order valence-electron chi connectivity index (χ2n) is 8.87. The molecular weight excluding hydrogens is 507 g/mol. The van der Waals surface area contributed by atoms with Gasteiger partial charge in [0.25, 0.3) is 0 Å². The van der Waals surface area contributed by atoms with Gasteiger partial charge in [0.2, 0.25) is 5.91 Å². The van der Waals surface area contributed by atoms with Crippen LogP contribution >= 0.6 is 24.0 Å². The molecule has 0 radical (unpaired) electrons. The van der Waals surface area contributed by atoms with E-state index in [0.717, 1.165) is 70.9 Å². The van der Waals surface area contributed by atoms with Crippen LogP contribution < -0.4 is 10.6 Å². The maximum atomic E-state index is 12.3. The van der Waals surface area contributed by atoms with Crippen molar-refractivity contribution in [3.05, 3.63) is 0 Å². The number of nitrogens with zero attached hydrogens (tertiary/aromatic N) is 2. The molecule has 31 heavy (non-hydrogen) atoms. The Bertz CT molecular complexity index is 529. The molecule has 7 nitrogen and oxygen atoms in total. The van der Waals surface area contributed by atoms with E-state index in [1.165, 1.54) is 32.1 Å². The number of ether oxygens (including phenoxy) is 2. The highest BCUT2D eigenvalue weighted by Crippen LogP contribution is 2.23. The summed E-state index contributed by atoms with van der Waals surface area (Å²) >= 11 is 0. The Labute approximate surface area is 205 Å². The molecule has 3 fully saturated rings. The number of rotatable bonds is 8. The predicted octanol–water partition coefficient (Wildman–Crippen LogP) is 3.32. The number of hydrogen-bond donors (Lipinski definition) is 2. The maximum absolute atomic E-state index is 12.3. The fourth-order valence-corrected chi connectivity index (χ4v) is 4.69. The SMILES string of the molecule is CCNC(=NCCNC(=O)C1CCCCC1)N1CCC(OCC2CCCCO2)CC1.I. The van der Waals surface area contributed by atoms with Gasteiger partial charge in [0.15, 0.2) is 5.96 Å². The highest BCUT2D eigenvalue weighted by molar-refractivity contribution is 14.0. The zero-order valence-corrected chi connectivity index (χ0v) is 21.6. The number of hydrogen-bond acceptors (Lipinski definition) is 4. The highest BCUT2D eigenvalue weighted by atomic mass is 127. The van der Waals surface area contributed by atoms with Crippen molar-refractivity contribution in [2.24, 2.45) is 10.9 Å². The van der Waals surface area contributed by atoms with Crippen LogP contribution in [0.1, 0.15) is 71.1 Å². The number of nitrogens with one attached hydrogen (secondary N) is 2. The van der Waals surface area contributed by atoms with E-state index in [1.54, 1.807) is 0 Å². The number of amides is 1. The first-order valence-electron chi connectivity index (χ1n) is 12.3. The molecule has 0 aromatic heterocycles. The molecule has 2 saturated heterocycles. The van der Waals surface area contributed by atoms with Gasteiger partial charge < -0.3 is 25.0 Å². The molecule has 180 valence electrons. The largest absolute Gasteiger partial charge is 0.376 e. The molecular formula is C23H43IN4O3. The van der Waals surface area contributed by atoms with Crippen LogP contribution in [0.2, 0.25) is 0 Å². The Kier molecular flexibility index (Phi) is 13.1. The first kappa shape index (κ1) is 26.6. The Morgan fingerprint density at radius 3 is 2.45 bits per heavy atom. The molecule has 1 atom stereocenters. The summed E-state index contributed by atoms with van der Waals surface area (Å²) in [5, 5.41) is 6.49. The van der Waals surface area contributed by atoms with Crippen LogP contribution in [-0.2, 0) is 14.3 Å². The monoisotopic (exact) mass is 550 g/mol. The predicted molar refractivity (Wildman–Crippen MR) is 135 cm³/mol. The quantitative estimate of drug-likeness (QED) is 0.210. The number of piperidine rings is 1. The van der Waals surface area contributed by atoms with Crippen LogP contribution in [-0.4, -0.2) is 74.9 Å². The van der Waals surface area contributed by atoms with Crippen LogP contribution in [0, 0.1) is 5.92 Å². The summed E-state index contributed by atoms with van der Waals surface area (Å²) in [4.78, 5) is 19.4. The zero-order chi connectivity index (χ0) is 21.0. The summed E-state index contributed by atoms with van der Waals surface area (Å²) < 4.78 is 11.9. The summed E-state index contributed by atoms with van der Waals surface area (Å²) in [5.74, 6) is 1.39. The van der Waals surface area contributed by atoms with Crippen molar-refractivity contribution in [2.45, 2.75) is 83.3 Å². The molecule has 3 aliphatic rings. The van der Waals surface area contributed by atoms with E-state index in [1.807, 2.05) is 0 Å². The van der Waals surface area contributed by atoms with Gasteiger partial charge in [-0.1, -0.05) is 19.3 Å². The number of likely N-dealkylation sites (tertiary alicyclic amines) is 1. The molecule has 1 aliphatic carbocycles. The highest BCUT2D eigenvalue weighted by Gasteiger charge is 2.24. The molecule has 1 saturated carbocycles. The summed E-state index contributed by atoms with van der Waals surface area (Å²) in [5.41, 5.74) is 0. The zero-order valence-electron chi connectivity index (χ0n) is 19.3. The number of guanidine groups is 1. The van der Waals surface area contributed by atoms with Crippen LogP contribution in [0.15, 0.2) is 4.99 Å². The van der Waals surface area contributed by atoms with Crippen molar-refractivity contribution in [3.63, 3.8) is 0 Å². The third-order valence-corrected chi connectivity index (χ3v) is 6.52. The third-order valence-electron chi connectivity index (χ3n) is 6.52. The van der Waals surface area contributed by atoms with Gasteiger partial charge in [0.05, 0.1) is 25.4 Å². The summed E-state index contributed by atoms with van der Waals surface area (Å²) in [7, 11) is 0. The molecule has 2 heterocycles. The van der Waals surface area contributed by atoms with Crippen molar-refractivity contribution in [2.75, 3.05) is 45.9 Å². The van der Waals surface area contributed by atoms with E-state index in [2.05, 4.69) is 22.5 Å². The molecule has 0 bridgehead atoms. The lowest BCUT2D eigenvalue weighted by molar-refractivity contribution is -0.125. The molecule has 8 heteroatoms. The van der Waals surface area contributed by atoms with Gasteiger partial charge in [-0.3, -0.25) is 9.79 Å². The van der Waals surface area contributed by atoms with E-state index < -0.39 is 0 Å². The number of carbonyl (C=O) groups is 1. The third kappa shape index (κ3) is 9.42. The topological polar surface area (TPSA) is 75.2 Å². The van der Waals surface area contributed by atoms with Gasteiger partial charge in [0.1, 0.15) is 0 Å². The van der Waals surface area contributed by atoms with Crippen LogP contribution in [0.4, 0.5) is 0 Å². The van der Waals surface area contributed by atoms with Gasteiger partial charge in [-0.25, -0.2) is 0 Å². The average Bonchev–Trinajstić information content (AvgIpc) is 2.81. The average molecular weight is 551 g/mol. The lowest BCUT2D eigenvalue weighted by Gasteiger charge is -2.35. The van der Waals surface area contributed by atoms with Gasteiger partial charge in [-0.15, -0.1) is 24.0 Å². The van der Waals surface area contributed by atoms with Crippen molar-refractivity contribution in [1.29, 1.82) is 0 Å². The second kappa shape index (κ2) is 15.3. The van der Waals surface area contributed by atoms with E-state index in [9.17, 15) is 4.79 Å². The number of aliphatic imine (C=N–C) groups is 1. The second-order valence-corrected chi connectivity index (χ2v) is 8.87. The molecule has 3 rings (SSSR count). The first-order valence-corrected chi connectivity index (χ1v) is 12.3. The summed E-state index contributed by atoms with van der Waals surface area (Å²) in [6.07, 6.45) is 12.0. The Morgan fingerprint density at radius 2 is 1.77 bits per heavy atom.